The molecule has 3 unspecified atom stereocenters. The number of aryl methyl sites for hydroxylation is 2. The highest BCUT2D eigenvalue weighted by atomic mass is 32.3. The highest BCUT2D eigenvalue weighted by Crippen LogP contribution is 2.57. The average Bonchev–Trinajstić information content (AvgIpc) is 3.39. The number of ether oxygens (including phenoxy) is 2. The first-order chi connectivity index (χ1) is 19.2. The van der Waals surface area contributed by atoms with Crippen LogP contribution in [0.5, 0.6) is 5.75 Å². The van der Waals surface area contributed by atoms with Crippen LogP contribution in [-0.4, -0.2) is 53.6 Å². The van der Waals surface area contributed by atoms with Crippen molar-refractivity contribution >= 4 is 16.7 Å². The molecule has 40 heavy (non-hydrogen) atoms. The van der Waals surface area contributed by atoms with Gasteiger partial charge in [0.05, 0.1) is 25.3 Å². The van der Waals surface area contributed by atoms with Gasteiger partial charge in [-0.05, 0) is 68.4 Å². The van der Waals surface area contributed by atoms with Crippen LogP contribution in [0.3, 0.4) is 0 Å². The van der Waals surface area contributed by atoms with Gasteiger partial charge in [-0.1, -0.05) is 49.4 Å². The summed E-state index contributed by atoms with van der Waals surface area (Å²) in [6.07, 6.45) is 3.47. The van der Waals surface area contributed by atoms with Crippen molar-refractivity contribution in [3.63, 3.8) is 0 Å². The van der Waals surface area contributed by atoms with E-state index < -0.39 is 10.8 Å². The van der Waals surface area contributed by atoms with Gasteiger partial charge in [-0.3, -0.25) is 18.6 Å². The van der Waals surface area contributed by atoms with E-state index in [0.29, 0.717) is 36.8 Å². The summed E-state index contributed by atoms with van der Waals surface area (Å²) in [5, 5.41) is 8.52. The molecule has 0 saturated carbocycles. The van der Waals surface area contributed by atoms with Crippen LogP contribution >= 0.6 is 10.8 Å². The largest absolute Gasteiger partial charge is 0.487 e. The summed E-state index contributed by atoms with van der Waals surface area (Å²) in [7, 11) is -3.28. The average molecular weight is 571 g/mol. The third-order valence-electron chi connectivity index (χ3n) is 7.59. The van der Waals surface area contributed by atoms with Gasteiger partial charge in [-0.15, -0.1) is 15.9 Å². The van der Waals surface area contributed by atoms with E-state index >= 15 is 0 Å². The Labute approximate surface area is 239 Å². The molecule has 2 heterocycles. The summed E-state index contributed by atoms with van der Waals surface area (Å²) < 4.78 is 38.0. The van der Waals surface area contributed by atoms with Gasteiger partial charge in [-0.2, -0.15) is 4.31 Å². The third kappa shape index (κ3) is 6.86. The second-order valence-electron chi connectivity index (χ2n) is 10.5. The number of hydrogen-bond acceptors (Lipinski definition) is 8. The number of fused-ring (bicyclic) bond motifs is 1. The minimum absolute atomic E-state index is 0.0843. The highest BCUT2D eigenvalue weighted by Gasteiger charge is 2.35. The summed E-state index contributed by atoms with van der Waals surface area (Å²) in [6.45, 7) is 11.8. The molecule has 4 rings (SSSR count). The number of carbonyl (C=O) groups excluding carboxylic acids is 1. The van der Waals surface area contributed by atoms with E-state index in [1.807, 2.05) is 46.0 Å². The fraction of sp³-hybridized carbons (Fsp3) is 0.500. The van der Waals surface area contributed by atoms with Crippen molar-refractivity contribution in [3.8, 4) is 5.75 Å². The summed E-state index contributed by atoms with van der Waals surface area (Å²) in [6, 6.07) is 13.4. The minimum atomic E-state index is -3.28. The van der Waals surface area contributed by atoms with Crippen molar-refractivity contribution in [2.75, 3.05) is 13.2 Å². The van der Waals surface area contributed by atoms with Crippen LogP contribution < -0.4 is 4.74 Å². The normalized spacial score (nSPS) is 19.1. The van der Waals surface area contributed by atoms with Crippen LogP contribution in [0.1, 0.15) is 81.2 Å². The molecule has 1 aromatic heterocycles. The Balaban J connectivity index is 1.64. The maximum Gasteiger partial charge on any atom is 0.306 e. The third-order valence-corrected chi connectivity index (χ3v) is 9.52. The lowest BCUT2D eigenvalue weighted by Crippen LogP contribution is -2.34. The zero-order valence-electron chi connectivity index (χ0n) is 24.1. The summed E-state index contributed by atoms with van der Waals surface area (Å²) in [4.78, 5) is 13.0. The molecular weight excluding hydrogens is 528 g/mol. The number of nitrogens with zero attached hydrogens (tertiary/aromatic N) is 4. The molecule has 0 saturated heterocycles. The van der Waals surface area contributed by atoms with Gasteiger partial charge in [0.2, 0.25) is 0 Å². The number of esters is 1. The Kier molecular flexibility index (Phi) is 9.89. The lowest BCUT2D eigenvalue weighted by Gasteiger charge is -2.42. The molecule has 3 atom stereocenters. The first kappa shape index (κ1) is 30.0. The Bertz CT molecular complexity index is 1300. The molecule has 9 nitrogen and oxygen atoms in total. The molecule has 2 aromatic carbocycles. The molecule has 0 aliphatic carbocycles. The van der Waals surface area contributed by atoms with Gasteiger partial charge in [-0.25, -0.2) is 0 Å². The molecule has 0 bridgehead atoms. The smallest absolute Gasteiger partial charge is 0.306 e. The van der Waals surface area contributed by atoms with Crippen LogP contribution in [0.25, 0.3) is 0 Å². The molecular formula is C30H42N4O5S. The van der Waals surface area contributed by atoms with E-state index in [1.165, 1.54) is 0 Å². The van der Waals surface area contributed by atoms with E-state index in [2.05, 4.69) is 29.4 Å². The van der Waals surface area contributed by atoms with Gasteiger partial charge >= 0.3 is 5.97 Å². The quantitative estimate of drug-likeness (QED) is 0.250. The van der Waals surface area contributed by atoms with Crippen molar-refractivity contribution in [2.45, 2.75) is 89.8 Å². The first-order valence-electron chi connectivity index (χ1n) is 14.1. The van der Waals surface area contributed by atoms with E-state index in [1.54, 1.807) is 27.2 Å². The molecule has 3 aromatic rings. The minimum Gasteiger partial charge on any atom is -0.487 e. The zero-order valence-corrected chi connectivity index (χ0v) is 24.9. The van der Waals surface area contributed by atoms with E-state index in [-0.39, 0.29) is 30.3 Å². The van der Waals surface area contributed by atoms with Gasteiger partial charge in [0.15, 0.2) is 0 Å². The second kappa shape index (κ2) is 13.2. The van der Waals surface area contributed by atoms with Gasteiger partial charge in [0, 0.05) is 25.2 Å². The SMILES string of the molecule is CCOC(=O)CC(CC(C)c1cn(CC)nn1)c1ccc(C)c(CN2CC(CC)Oc3ccccc3S2(O)O)c1. The number of aromatic nitrogens is 3. The molecule has 2 N–H and O–H groups in total. The molecule has 0 radical (unpaired) electrons. The van der Waals surface area contributed by atoms with Crippen LogP contribution in [0.2, 0.25) is 0 Å². The molecule has 10 heteroatoms. The highest BCUT2D eigenvalue weighted by molar-refractivity contribution is 8.22. The predicted octanol–water partition coefficient (Wildman–Crippen LogP) is 6.53. The fourth-order valence-corrected chi connectivity index (χ4v) is 6.75. The van der Waals surface area contributed by atoms with Crippen LogP contribution in [-0.2, 0) is 22.6 Å². The van der Waals surface area contributed by atoms with Crippen molar-refractivity contribution in [2.24, 2.45) is 0 Å². The van der Waals surface area contributed by atoms with Gasteiger partial charge in [0.1, 0.15) is 16.7 Å². The monoisotopic (exact) mass is 570 g/mol. The number of carbonyl (C=O) groups is 1. The van der Waals surface area contributed by atoms with Crippen LogP contribution in [0, 0.1) is 6.92 Å². The molecule has 0 amide bonds. The summed E-state index contributed by atoms with van der Waals surface area (Å²) in [5.74, 6) is 0.268. The first-order valence-corrected chi connectivity index (χ1v) is 15.6. The fourth-order valence-electron chi connectivity index (χ4n) is 5.13. The Hall–Kier alpha value is -2.92. The van der Waals surface area contributed by atoms with Crippen molar-refractivity contribution < 1.29 is 23.4 Å². The molecule has 218 valence electrons. The van der Waals surface area contributed by atoms with Crippen LogP contribution in [0.4, 0.5) is 0 Å². The predicted molar refractivity (Wildman–Crippen MR) is 157 cm³/mol. The Morgan fingerprint density at radius 3 is 2.67 bits per heavy atom. The second-order valence-corrected chi connectivity index (χ2v) is 12.5. The van der Waals surface area contributed by atoms with Crippen molar-refractivity contribution in [1.29, 1.82) is 0 Å². The molecule has 1 aliphatic heterocycles. The molecule has 0 spiro atoms. The van der Waals surface area contributed by atoms with Crippen molar-refractivity contribution in [3.05, 3.63) is 71.0 Å². The van der Waals surface area contributed by atoms with Crippen LogP contribution in [0.15, 0.2) is 53.6 Å². The summed E-state index contributed by atoms with van der Waals surface area (Å²) in [5.41, 5.74) is 3.92. The topological polar surface area (TPSA) is 110 Å². The van der Waals surface area contributed by atoms with E-state index in [0.717, 1.165) is 35.3 Å². The number of hydrogen-bond donors (Lipinski definition) is 2. The zero-order chi connectivity index (χ0) is 28.9. The van der Waals surface area contributed by atoms with Gasteiger partial charge in [0.25, 0.3) is 0 Å². The number of benzene rings is 2. The maximum atomic E-state index is 12.6. The summed E-state index contributed by atoms with van der Waals surface area (Å²) >= 11 is 0. The molecule has 1 aliphatic rings. The maximum absolute atomic E-state index is 12.6. The Morgan fingerprint density at radius 2 is 1.98 bits per heavy atom. The van der Waals surface area contributed by atoms with Gasteiger partial charge < -0.3 is 9.47 Å². The number of para-hydroxylation sites is 1. The Morgan fingerprint density at radius 1 is 1.20 bits per heavy atom. The molecule has 0 fully saturated rings. The standard InChI is InChI=1S/C30H42N4O5S/c1-6-26-19-34(40(36,37)29-12-10-9-11-28(29)39-26)18-25-16-23(14-13-21(25)4)24(17-30(35)38-8-3)15-22(5)27-20-33(7-2)32-31-27/h9-14,16,20,22,24,26,36-37H,6-8,15,17-19H2,1-5H3. The lowest BCUT2D eigenvalue weighted by molar-refractivity contribution is -0.143. The van der Waals surface area contributed by atoms with E-state index in [4.69, 9.17) is 9.47 Å². The van der Waals surface area contributed by atoms with E-state index in [9.17, 15) is 13.9 Å². The number of rotatable bonds is 11. The lowest BCUT2D eigenvalue weighted by atomic mass is 9.85. The van der Waals surface area contributed by atoms with Crippen molar-refractivity contribution in [1.82, 2.24) is 19.3 Å².